The third-order valence-corrected chi connectivity index (χ3v) is 3.84. The van der Waals surface area contributed by atoms with Gasteiger partial charge in [0, 0.05) is 19.3 Å². The van der Waals surface area contributed by atoms with Crippen LogP contribution in [0.1, 0.15) is 18.4 Å². The Morgan fingerprint density at radius 1 is 1.56 bits per heavy atom. The van der Waals surface area contributed by atoms with Crippen molar-refractivity contribution in [2.75, 3.05) is 20.3 Å². The van der Waals surface area contributed by atoms with Gasteiger partial charge < -0.3 is 10.1 Å². The number of rotatable bonds is 5. The van der Waals surface area contributed by atoms with Gasteiger partial charge in [0.1, 0.15) is 5.82 Å². The van der Waals surface area contributed by atoms with Crippen LogP contribution >= 0.6 is 11.6 Å². The van der Waals surface area contributed by atoms with E-state index in [1.165, 1.54) is 0 Å². The molecule has 2 rings (SSSR count). The van der Waals surface area contributed by atoms with E-state index in [9.17, 15) is 4.39 Å². The zero-order chi connectivity index (χ0) is 13.0. The van der Waals surface area contributed by atoms with Crippen LogP contribution in [0.3, 0.4) is 0 Å². The average molecular weight is 272 g/mol. The van der Waals surface area contributed by atoms with E-state index in [0.29, 0.717) is 17.9 Å². The van der Waals surface area contributed by atoms with Crippen LogP contribution in [0.2, 0.25) is 5.02 Å². The molecule has 0 amide bonds. The van der Waals surface area contributed by atoms with Crippen LogP contribution in [0.5, 0.6) is 0 Å². The zero-order valence-corrected chi connectivity index (χ0v) is 11.3. The molecule has 0 aromatic heterocycles. The summed E-state index contributed by atoms with van der Waals surface area (Å²) in [5.41, 5.74) is 0.681. The summed E-state index contributed by atoms with van der Waals surface area (Å²) in [6, 6.07) is 5.45. The Balaban J connectivity index is 1.98. The quantitative estimate of drug-likeness (QED) is 0.889. The summed E-state index contributed by atoms with van der Waals surface area (Å²) in [6.45, 7) is 1.68. The van der Waals surface area contributed by atoms with Gasteiger partial charge in [-0.3, -0.25) is 0 Å². The van der Waals surface area contributed by atoms with Gasteiger partial charge >= 0.3 is 0 Å². The second-order valence-corrected chi connectivity index (χ2v) is 5.28. The van der Waals surface area contributed by atoms with Crippen molar-refractivity contribution in [1.29, 1.82) is 0 Å². The topological polar surface area (TPSA) is 21.3 Å². The van der Waals surface area contributed by atoms with Gasteiger partial charge in [0.15, 0.2) is 0 Å². The molecule has 1 fully saturated rings. The molecule has 0 bridgehead atoms. The number of halogens is 2. The van der Waals surface area contributed by atoms with E-state index in [2.05, 4.69) is 5.32 Å². The molecule has 2 nitrogen and oxygen atoms in total. The summed E-state index contributed by atoms with van der Waals surface area (Å²) in [6.07, 6.45) is 2.79. The smallest absolute Gasteiger partial charge is 0.145 e. The fraction of sp³-hybridized carbons (Fsp3) is 0.571. The second-order valence-electron chi connectivity index (χ2n) is 4.87. The van der Waals surface area contributed by atoms with Gasteiger partial charge in [-0.05, 0) is 43.9 Å². The van der Waals surface area contributed by atoms with Gasteiger partial charge in [0.05, 0.1) is 5.02 Å². The molecule has 2 atom stereocenters. The first-order valence-corrected chi connectivity index (χ1v) is 6.76. The maximum atomic E-state index is 13.8. The molecule has 1 saturated heterocycles. The van der Waals surface area contributed by atoms with Crippen molar-refractivity contribution in [2.24, 2.45) is 5.92 Å². The Morgan fingerprint density at radius 2 is 2.39 bits per heavy atom. The summed E-state index contributed by atoms with van der Waals surface area (Å²) in [4.78, 5) is 0. The van der Waals surface area contributed by atoms with Crippen LogP contribution in [-0.4, -0.2) is 26.3 Å². The number of benzene rings is 1. The minimum Gasteiger partial charge on any atom is -0.381 e. The predicted octanol–water partition coefficient (Wildman–Crippen LogP) is 3.04. The van der Waals surface area contributed by atoms with Crippen molar-refractivity contribution in [1.82, 2.24) is 5.32 Å². The van der Waals surface area contributed by atoms with E-state index >= 15 is 0 Å². The van der Waals surface area contributed by atoms with Crippen molar-refractivity contribution in [3.8, 4) is 0 Å². The number of hydrogen-bond donors (Lipinski definition) is 1. The molecule has 0 saturated carbocycles. The molecule has 4 heteroatoms. The maximum absolute atomic E-state index is 13.8. The average Bonchev–Trinajstić information content (AvgIpc) is 2.86. The number of hydrogen-bond acceptors (Lipinski definition) is 2. The van der Waals surface area contributed by atoms with Gasteiger partial charge in [-0.2, -0.15) is 0 Å². The van der Waals surface area contributed by atoms with Gasteiger partial charge in [0.2, 0.25) is 0 Å². The minimum atomic E-state index is -0.290. The van der Waals surface area contributed by atoms with E-state index in [-0.39, 0.29) is 16.9 Å². The SMILES string of the molecule is CNC(Cc1cccc(Cl)c1F)CC1CCOC1. The Kier molecular flexibility index (Phi) is 4.98. The molecule has 1 aromatic carbocycles. The lowest BCUT2D eigenvalue weighted by atomic mass is 9.94. The fourth-order valence-corrected chi connectivity index (χ4v) is 2.64. The molecule has 0 spiro atoms. The van der Waals surface area contributed by atoms with Crippen LogP contribution in [0.4, 0.5) is 4.39 Å². The summed E-state index contributed by atoms with van der Waals surface area (Å²) >= 11 is 5.80. The number of nitrogens with one attached hydrogen (secondary N) is 1. The molecule has 2 unspecified atom stereocenters. The molecule has 1 N–H and O–H groups in total. The monoisotopic (exact) mass is 271 g/mol. The van der Waals surface area contributed by atoms with Crippen LogP contribution in [-0.2, 0) is 11.2 Å². The first kappa shape index (κ1) is 13.8. The molecule has 0 aliphatic carbocycles. The summed E-state index contributed by atoms with van der Waals surface area (Å²) < 4.78 is 19.2. The van der Waals surface area contributed by atoms with Crippen LogP contribution in [0.25, 0.3) is 0 Å². The lowest BCUT2D eigenvalue weighted by Gasteiger charge is -2.19. The van der Waals surface area contributed by atoms with Crippen molar-refractivity contribution in [3.05, 3.63) is 34.6 Å². The highest BCUT2D eigenvalue weighted by molar-refractivity contribution is 6.30. The Labute approximate surface area is 112 Å². The Bertz CT molecular complexity index is 393. The summed E-state index contributed by atoms with van der Waals surface area (Å²) in [5, 5.41) is 3.46. The van der Waals surface area contributed by atoms with Gasteiger partial charge in [0.25, 0.3) is 0 Å². The highest BCUT2D eigenvalue weighted by atomic mass is 35.5. The Morgan fingerprint density at radius 3 is 3.06 bits per heavy atom. The minimum absolute atomic E-state index is 0.201. The first-order chi connectivity index (χ1) is 8.70. The van der Waals surface area contributed by atoms with Gasteiger partial charge in [-0.15, -0.1) is 0 Å². The van der Waals surface area contributed by atoms with Crippen LogP contribution < -0.4 is 5.32 Å². The molecule has 1 aliphatic heterocycles. The van der Waals surface area contributed by atoms with E-state index in [1.54, 1.807) is 18.2 Å². The van der Waals surface area contributed by atoms with E-state index in [4.69, 9.17) is 16.3 Å². The zero-order valence-electron chi connectivity index (χ0n) is 10.6. The lowest BCUT2D eigenvalue weighted by Crippen LogP contribution is -2.30. The summed E-state index contributed by atoms with van der Waals surface area (Å²) in [5.74, 6) is 0.298. The highest BCUT2D eigenvalue weighted by Crippen LogP contribution is 2.23. The molecule has 1 aromatic rings. The third-order valence-electron chi connectivity index (χ3n) is 3.55. The van der Waals surface area contributed by atoms with E-state index in [0.717, 1.165) is 26.1 Å². The molecule has 18 heavy (non-hydrogen) atoms. The largest absolute Gasteiger partial charge is 0.381 e. The Hall–Kier alpha value is -0.640. The van der Waals surface area contributed by atoms with Crippen LogP contribution in [0.15, 0.2) is 18.2 Å². The maximum Gasteiger partial charge on any atom is 0.145 e. The standard InChI is InChI=1S/C14H19ClFNO/c1-17-12(7-10-5-6-18-9-10)8-11-3-2-4-13(15)14(11)16/h2-4,10,12,17H,5-9H2,1H3. The number of ether oxygens (including phenoxy) is 1. The lowest BCUT2D eigenvalue weighted by molar-refractivity contribution is 0.181. The first-order valence-electron chi connectivity index (χ1n) is 6.38. The van der Waals surface area contributed by atoms with Gasteiger partial charge in [-0.25, -0.2) is 4.39 Å². The molecule has 1 heterocycles. The van der Waals surface area contributed by atoms with Crippen molar-refractivity contribution in [3.63, 3.8) is 0 Å². The third kappa shape index (κ3) is 3.44. The summed E-state index contributed by atoms with van der Waals surface area (Å²) in [7, 11) is 1.92. The molecule has 0 radical (unpaired) electrons. The van der Waals surface area contributed by atoms with Gasteiger partial charge in [-0.1, -0.05) is 23.7 Å². The second kappa shape index (κ2) is 6.50. The molecular formula is C14H19ClFNO. The normalized spacial score (nSPS) is 21.2. The van der Waals surface area contributed by atoms with E-state index in [1.807, 2.05) is 7.05 Å². The predicted molar refractivity (Wildman–Crippen MR) is 71.5 cm³/mol. The van der Waals surface area contributed by atoms with E-state index < -0.39 is 0 Å². The molecular weight excluding hydrogens is 253 g/mol. The molecule has 100 valence electrons. The highest BCUT2D eigenvalue weighted by Gasteiger charge is 2.21. The van der Waals surface area contributed by atoms with Crippen molar-refractivity contribution >= 4 is 11.6 Å². The van der Waals surface area contributed by atoms with Crippen molar-refractivity contribution < 1.29 is 9.13 Å². The fourth-order valence-electron chi connectivity index (χ4n) is 2.45. The number of likely N-dealkylation sites (N-methyl/N-ethyl adjacent to an activating group) is 1. The molecule has 1 aliphatic rings. The van der Waals surface area contributed by atoms with Crippen molar-refractivity contribution in [2.45, 2.75) is 25.3 Å². The van der Waals surface area contributed by atoms with Crippen LogP contribution in [0, 0.1) is 11.7 Å².